The van der Waals surface area contributed by atoms with Crippen LogP contribution in [0.1, 0.15) is 21.5 Å². The number of carbonyl (C=O) groups is 1. The average molecular weight is 612 g/mol. The summed E-state index contributed by atoms with van der Waals surface area (Å²) in [4.78, 5) is 21.4. The molecule has 0 unspecified atom stereocenters. The maximum absolute atomic E-state index is 13.5. The maximum Gasteiger partial charge on any atom is 0.258 e. The molecule has 0 spiro atoms. The molecule has 1 aliphatic heterocycles. The Morgan fingerprint density at radius 1 is 1.02 bits per heavy atom. The molecule has 1 aromatic heterocycles. The largest absolute Gasteiger partial charge is 0.492 e. The number of sulfonamides is 1. The van der Waals surface area contributed by atoms with Gasteiger partial charge >= 0.3 is 0 Å². The van der Waals surface area contributed by atoms with E-state index in [-0.39, 0.29) is 18.3 Å². The topological polar surface area (TPSA) is 141 Å². The van der Waals surface area contributed by atoms with Crippen LogP contribution >= 0.6 is 0 Å². The molecule has 4 rings (SSSR count). The summed E-state index contributed by atoms with van der Waals surface area (Å²) in [5, 5.41) is 9.59. The van der Waals surface area contributed by atoms with Crippen molar-refractivity contribution in [3.63, 3.8) is 0 Å². The van der Waals surface area contributed by atoms with Crippen molar-refractivity contribution in [2.45, 2.75) is 5.75 Å². The highest BCUT2D eigenvalue weighted by atomic mass is 32.2. The number of pyridine rings is 1. The zero-order valence-corrected chi connectivity index (χ0v) is 25.4. The summed E-state index contributed by atoms with van der Waals surface area (Å²) < 4.78 is 55.1. The highest BCUT2D eigenvalue weighted by Gasteiger charge is 2.24. The molecule has 1 saturated heterocycles. The van der Waals surface area contributed by atoms with Crippen LogP contribution in [-0.2, 0) is 25.6 Å². The summed E-state index contributed by atoms with van der Waals surface area (Å²) in [5.41, 5.74) is 2.92. The Morgan fingerprint density at radius 2 is 1.76 bits per heavy atom. The number of nitrogens with zero attached hydrogens (tertiary/aromatic N) is 5. The lowest BCUT2D eigenvalue weighted by Gasteiger charge is -2.33. The van der Waals surface area contributed by atoms with Crippen molar-refractivity contribution in [3.05, 3.63) is 77.5 Å². The normalized spacial score (nSPS) is 14.7. The number of anilines is 1. The molecule has 2 heterocycles. The van der Waals surface area contributed by atoms with Crippen molar-refractivity contribution in [2.24, 2.45) is 0 Å². The molecule has 1 aliphatic rings. The summed E-state index contributed by atoms with van der Waals surface area (Å²) in [6, 6.07) is 17.3. The van der Waals surface area contributed by atoms with Gasteiger partial charge in [0.25, 0.3) is 5.91 Å². The molecule has 0 atom stereocenters. The molecule has 0 N–H and O–H groups in total. The van der Waals surface area contributed by atoms with Gasteiger partial charge in [-0.05, 0) is 42.5 Å². The van der Waals surface area contributed by atoms with Crippen LogP contribution in [0.5, 0.6) is 5.75 Å². The third-order valence-corrected chi connectivity index (χ3v) is 9.09. The highest BCUT2D eigenvalue weighted by Crippen LogP contribution is 2.29. The van der Waals surface area contributed by atoms with Crippen molar-refractivity contribution in [2.75, 3.05) is 63.8 Å². The molecule has 0 radical (unpaired) electrons. The highest BCUT2D eigenvalue weighted by molar-refractivity contribution is 7.89. The van der Waals surface area contributed by atoms with Gasteiger partial charge in [-0.2, -0.15) is 9.57 Å². The second kappa shape index (κ2) is 13.0. The van der Waals surface area contributed by atoms with Crippen LogP contribution in [0.15, 0.2) is 60.8 Å². The first-order valence-corrected chi connectivity index (χ1v) is 17.1. The predicted molar refractivity (Wildman–Crippen MR) is 160 cm³/mol. The standard InChI is InChI=1S/C29H33N5O6S2/c1-32(25-10-9-23(20-30)26(19-25)27-6-4-5-11-31-27)29(35)22-7-8-24(21-41(2,36)37)28(18-22)40-17-16-33-12-14-34(15-13-33)42(3,38)39/h4-11,18-19H,12-17,21H2,1-3H3. The minimum atomic E-state index is -3.38. The molecule has 42 heavy (non-hydrogen) atoms. The van der Waals surface area contributed by atoms with Gasteiger partial charge in [0, 0.05) is 74.6 Å². The van der Waals surface area contributed by atoms with E-state index < -0.39 is 19.9 Å². The number of rotatable bonds is 10. The molecular weight excluding hydrogens is 578 g/mol. The molecular formula is C29H33N5O6S2. The van der Waals surface area contributed by atoms with E-state index in [0.717, 1.165) is 6.26 Å². The van der Waals surface area contributed by atoms with E-state index in [1.807, 2.05) is 6.07 Å². The van der Waals surface area contributed by atoms with Gasteiger partial charge in [-0.1, -0.05) is 12.1 Å². The Hall–Kier alpha value is -3.83. The number of hydrogen-bond donors (Lipinski definition) is 0. The number of nitriles is 1. The number of aromatic nitrogens is 1. The Labute approximate surface area is 246 Å². The first kappa shape index (κ1) is 31.1. The van der Waals surface area contributed by atoms with E-state index >= 15 is 0 Å². The molecule has 0 aliphatic carbocycles. The molecule has 0 bridgehead atoms. The zero-order valence-electron chi connectivity index (χ0n) is 23.7. The number of benzene rings is 2. The Kier molecular flexibility index (Phi) is 9.63. The van der Waals surface area contributed by atoms with Crippen molar-refractivity contribution >= 4 is 31.5 Å². The Morgan fingerprint density at radius 3 is 2.38 bits per heavy atom. The lowest BCUT2D eigenvalue weighted by molar-refractivity contribution is 0.0992. The van der Waals surface area contributed by atoms with Crippen molar-refractivity contribution in [1.29, 1.82) is 5.26 Å². The molecule has 222 valence electrons. The first-order chi connectivity index (χ1) is 19.9. The Balaban J connectivity index is 1.52. The fraction of sp³-hybridized carbons (Fsp3) is 0.345. The van der Waals surface area contributed by atoms with Crippen LogP contribution < -0.4 is 9.64 Å². The second-order valence-electron chi connectivity index (χ2n) is 10.2. The first-order valence-electron chi connectivity index (χ1n) is 13.2. The van der Waals surface area contributed by atoms with E-state index in [1.165, 1.54) is 15.5 Å². The molecule has 1 amide bonds. The third kappa shape index (κ3) is 7.92. The van der Waals surface area contributed by atoms with Gasteiger partial charge in [0.05, 0.1) is 29.3 Å². The van der Waals surface area contributed by atoms with E-state index in [4.69, 9.17) is 4.74 Å². The zero-order chi connectivity index (χ0) is 30.5. The minimum Gasteiger partial charge on any atom is -0.492 e. The molecule has 0 saturated carbocycles. The second-order valence-corrected chi connectivity index (χ2v) is 14.3. The van der Waals surface area contributed by atoms with Gasteiger partial charge in [-0.25, -0.2) is 16.8 Å². The van der Waals surface area contributed by atoms with Gasteiger partial charge in [-0.15, -0.1) is 0 Å². The predicted octanol–water partition coefficient (Wildman–Crippen LogP) is 2.40. The van der Waals surface area contributed by atoms with E-state index in [9.17, 15) is 26.9 Å². The summed E-state index contributed by atoms with van der Waals surface area (Å²) >= 11 is 0. The fourth-order valence-electron chi connectivity index (χ4n) is 4.68. The molecule has 2 aromatic carbocycles. The summed E-state index contributed by atoms with van der Waals surface area (Å²) in [6.07, 6.45) is 3.96. The summed E-state index contributed by atoms with van der Waals surface area (Å²) in [5.74, 6) is -0.300. The van der Waals surface area contributed by atoms with E-state index in [0.29, 0.717) is 72.1 Å². The van der Waals surface area contributed by atoms with Crippen LogP contribution in [0.3, 0.4) is 0 Å². The van der Waals surface area contributed by atoms with Gasteiger partial charge in [0.15, 0.2) is 9.84 Å². The quantitative estimate of drug-likeness (QED) is 0.338. The maximum atomic E-state index is 13.5. The smallest absolute Gasteiger partial charge is 0.258 e. The number of piperazine rings is 1. The number of carbonyl (C=O) groups excluding carboxylic acids is 1. The van der Waals surface area contributed by atoms with Crippen LogP contribution in [0.2, 0.25) is 0 Å². The monoisotopic (exact) mass is 611 g/mol. The number of sulfone groups is 1. The lowest BCUT2D eigenvalue weighted by Crippen LogP contribution is -2.49. The number of ether oxygens (including phenoxy) is 1. The van der Waals surface area contributed by atoms with Crippen molar-refractivity contribution in [3.8, 4) is 23.1 Å². The van der Waals surface area contributed by atoms with E-state index in [2.05, 4.69) is 16.0 Å². The van der Waals surface area contributed by atoms with Crippen molar-refractivity contribution < 1.29 is 26.4 Å². The van der Waals surface area contributed by atoms with E-state index in [1.54, 1.807) is 61.8 Å². The van der Waals surface area contributed by atoms with Crippen molar-refractivity contribution in [1.82, 2.24) is 14.2 Å². The molecule has 1 fully saturated rings. The summed E-state index contributed by atoms with van der Waals surface area (Å²) in [6.45, 7) is 2.64. The van der Waals surface area contributed by atoms with Gasteiger partial charge in [-0.3, -0.25) is 14.7 Å². The van der Waals surface area contributed by atoms with Crippen LogP contribution in [0, 0.1) is 11.3 Å². The molecule has 13 heteroatoms. The number of hydrogen-bond acceptors (Lipinski definition) is 9. The molecule has 3 aromatic rings. The van der Waals surface area contributed by atoms with Gasteiger partial charge < -0.3 is 9.64 Å². The SMILES string of the molecule is CN(C(=O)c1ccc(CS(C)(=O)=O)c(OCCN2CCN(S(C)(=O)=O)CC2)c1)c1ccc(C#N)c(-c2ccccn2)c1. The minimum absolute atomic E-state index is 0.228. The fourth-order valence-corrected chi connectivity index (χ4v) is 6.31. The van der Waals surface area contributed by atoms with Gasteiger partial charge in [0.1, 0.15) is 12.4 Å². The van der Waals surface area contributed by atoms with Gasteiger partial charge in [0.2, 0.25) is 10.0 Å². The lowest BCUT2D eigenvalue weighted by atomic mass is 10.0. The molecule has 11 nitrogen and oxygen atoms in total. The van der Waals surface area contributed by atoms with Crippen LogP contribution in [0.4, 0.5) is 5.69 Å². The van der Waals surface area contributed by atoms with Crippen LogP contribution in [0.25, 0.3) is 11.3 Å². The van der Waals surface area contributed by atoms with Crippen LogP contribution in [-0.4, -0.2) is 95.8 Å². The average Bonchev–Trinajstić information content (AvgIpc) is 2.96. The Bertz CT molecular complexity index is 1700. The third-order valence-electron chi connectivity index (χ3n) is 6.95. The number of amides is 1. The summed E-state index contributed by atoms with van der Waals surface area (Å²) in [7, 11) is -4.99.